The lowest BCUT2D eigenvalue weighted by Gasteiger charge is -1.89. The second-order valence-electron chi connectivity index (χ2n) is 1.57. The zero-order valence-electron chi connectivity index (χ0n) is 5.89. The van der Waals surface area contributed by atoms with E-state index < -0.39 is 24.6 Å². The molecule has 0 amide bonds. The number of aliphatic hydroxyl groups excluding tert-OH is 2. The molecule has 0 aliphatic carbocycles. The van der Waals surface area contributed by atoms with Crippen LogP contribution >= 0.6 is 0 Å². The quantitative estimate of drug-likeness (QED) is 0.397. The lowest BCUT2D eigenvalue weighted by Crippen LogP contribution is -2.13. The van der Waals surface area contributed by atoms with Crippen molar-refractivity contribution in [2.24, 2.45) is 0 Å². The molecule has 0 saturated heterocycles. The molecule has 6 heteroatoms. The number of aliphatic hydroxyl groups is 2. The average Bonchev–Trinajstić information content (AvgIpc) is 1.89. The predicted molar refractivity (Wildman–Crippen MR) is 34.0 cm³/mol. The highest BCUT2D eigenvalue weighted by atomic mass is 16.4. The van der Waals surface area contributed by atoms with Gasteiger partial charge in [0.1, 0.15) is 12.7 Å². The first kappa shape index (κ1) is 12.5. The maximum absolute atomic E-state index is 9.45. The zero-order valence-corrected chi connectivity index (χ0v) is 5.89. The summed E-state index contributed by atoms with van der Waals surface area (Å²) in [6.45, 7) is 0.419. The van der Waals surface area contributed by atoms with Crippen LogP contribution in [0.15, 0.2) is 0 Å². The minimum absolute atomic E-state index is 0.778. The Balaban J connectivity index is 0. The van der Waals surface area contributed by atoms with Crippen molar-refractivity contribution in [1.82, 2.24) is 0 Å². The van der Waals surface area contributed by atoms with E-state index in [9.17, 15) is 4.79 Å². The van der Waals surface area contributed by atoms with Crippen molar-refractivity contribution < 1.29 is 30.0 Å². The monoisotopic (exact) mass is 166 g/mol. The molecule has 11 heavy (non-hydrogen) atoms. The molecular weight excluding hydrogens is 156 g/mol. The van der Waals surface area contributed by atoms with Crippen LogP contribution < -0.4 is 0 Å². The summed E-state index contributed by atoms with van der Waals surface area (Å²) < 4.78 is 0. The molecule has 0 saturated carbocycles. The number of carboxylic acid groups (broad SMARTS) is 2. The Morgan fingerprint density at radius 1 is 1.36 bits per heavy atom. The van der Waals surface area contributed by atoms with Crippen molar-refractivity contribution in [3.8, 4) is 0 Å². The summed E-state index contributed by atoms with van der Waals surface area (Å²) in [7, 11) is 0. The summed E-state index contributed by atoms with van der Waals surface area (Å²) in [6, 6.07) is 0. The summed E-state index contributed by atoms with van der Waals surface area (Å²) in [5.41, 5.74) is 0. The summed E-state index contributed by atoms with van der Waals surface area (Å²) in [5, 5.41) is 30.8. The molecule has 0 unspecified atom stereocenters. The van der Waals surface area contributed by atoms with Gasteiger partial charge in [0.2, 0.25) is 0 Å². The van der Waals surface area contributed by atoms with Crippen molar-refractivity contribution in [2.45, 2.75) is 13.0 Å². The average molecular weight is 166 g/mol. The van der Waals surface area contributed by atoms with Crippen LogP contribution in [0.4, 0.5) is 0 Å². The van der Waals surface area contributed by atoms with E-state index in [0.29, 0.717) is 0 Å². The molecule has 0 heterocycles. The van der Waals surface area contributed by atoms with Gasteiger partial charge in [-0.3, -0.25) is 0 Å². The lowest BCUT2D eigenvalue weighted by molar-refractivity contribution is -0.145. The highest BCUT2D eigenvalue weighted by molar-refractivity contribution is 5.71. The van der Waals surface area contributed by atoms with E-state index in [1.54, 1.807) is 0 Å². The molecule has 66 valence electrons. The highest BCUT2D eigenvalue weighted by Gasteiger charge is 2.01. The predicted octanol–water partition coefficient (Wildman–Crippen LogP) is -1.48. The van der Waals surface area contributed by atoms with Crippen LogP contribution in [0, 0.1) is 0 Å². The van der Waals surface area contributed by atoms with Gasteiger partial charge in [-0.25, -0.2) is 9.59 Å². The molecule has 0 aliphatic rings. The van der Waals surface area contributed by atoms with Gasteiger partial charge in [0.05, 0.1) is 0 Å². The van der Waals surface area contributed by atoms with E-state index in [1.807, 2.05) is 0 Å². The Hall–Kier alpha value is -1.14. The topological polar surface area (TPSA) is 115 Å². The molecule has 0 bridgehead atoms. The fraction of sp³-hybridized carbons (Fsp3) is 0.600. The molecule has 0 radical (unpaired) electrons. The smallest absolute Gasteiger partial charge is 0.332 e. The third kappa shape index (κ3) is 17.7. The largest absolute Gasteiger partial charge is 0.480 e. The molecule has 1 atom stereocenters. The third-order valence-corrected chi connectivity index (χ3v) is 0.493. The highest BCUT2D eigenvalue weighted by Crippen LogP contribution is 1.73. The van der Waals surface area contributed by atoms with Gasteiger partial charge in [0, 0.05) is 0 Å². The number of hydrogen-bond donors (Lipinski definition) is 4. The Labute approximate surface area is 62.7 Å². The van der Waals surface area contributed by atoms with E-state index in [0.717, 1.165) is 0 Å². The second kappa shape index (κ2) is 6.97. The van der Waals surface area contributed by atoms with Gasteiger partial charge in [0.15, 0.2) is 0 Å². The maximum Gasteiger partial charge on any atom is 0.332 e. The van der Waals surface area contributed by atoms with Gasteiger partial charge < -0.3 is 20.4 Å². The Bertz CT molecular complexity index is 129. The number of hydrogen-bond acceptors (Lipinski definition) is 4. The van der Waals surface area contributed by atoms with Gasteiger partial charge in [-0.2, -0.15) is 0 Å². The van der Waals surface area contributed by atoms with Gasteiger partial charge >= 0.3 is 11.9 Å². The third-order valence-electron chi connectivity index (χ3n) is 0.493. The van der Waals surface area contributed by atoms with Crippen LogP contribution in [0.2, 0.25) is 0 Å². The van der Waals surface area contributed by atoms with Crippen LogP contribution in [0.3, 0.4) is 0 Å². The van der Waals surface area contributed by atoms with Crippen LogP contribution in [-0.4, -0.2) is 45.1 Å². The first-order chi connectivity index (χ1) is 4.91. The normalized spacial score (nSPS) is 10.8. The second-order valence-corrected chi connectivity index (χ2v) is 1.57. The van der Waals surface area contributed by atoms with Crippen molar-refractivity contribution in [3.63, 3.8) is 0 Å². The molecule has 0 rings (SSSR count). The van der Waals surface area contributed by atoms with Gasteiger partial charge in [-0.1, -0.05) is 0 Å². The van der Waals surface area contributed by atoms with E-state index in [4.69, 9.17) is 25.2 Å². The Kier molecular flexibility index (Phi) is 7.94. The van der Waals surface area contributed by atoms with E-state index in [2.05, 4.69) is 0 Å². The maximum atomic E-state index is 9.45. The minimum Gasteiger partial charge on any atom is -0.480 e. The molecule has 0 aromatic heterocycles. The van der Waals surface area contributed by atoms with Crippen molar-refractivity contribution in [3.05, 3.63) is 0 Å². The number of rotatable bonds is 2. The summed E-state index contributed by atoms with van der Waals surface area (Å²) in [5.74, 6) is -2.37. The SMILES string of the molecule is C[C@H](O)C(=O)O.O=C(O)CO. The van der Waals surface area contributed by atoms with Crippen molar-refractivity contribution in [2.75, 3.05) is 6.61 Å². The first-order valence-electron chi connectivity index (χ1n) is 2.65. The fourth-order valence-corrected chi connectivity index (χ4v) is 0. The van der Waals surface area contributed by atoms with Crippen LogP contribution in [0.25, 0.3) is 0 Å². The van der Waals surface area contributed by atoms with Crippen LogP contribution in [0.1, 0.15) is 6.92 Å². The standard InChI is InChI=1S/C3H6O3.C2H4O3/c1-2(4)3(5)6;3-1-2(4)5/h2,4H,1H3,(H,5,6);3H,1H2,(H,4,5)/t2-;/m0./s1. The lowest BCUT2D eigenvalue weighted by atomic mass is 10.4. The molecular formula is C5H10O6. The van der Waals surface area contributed by atoms with E-state index in [-0.39, 0.29) is 0 Å². The first-order valence-corrected chi connectivity index (χ1v) is 2.65. The molecule has 0 aliphatic heterocycles. The van der Waals surface area contributed by atoms with Crippen molar-refractivity contribution >= 4 is 11.9 Å². The fourth-order valence-electron chi connectivity index (χ4n) is 0. The summed E-state index contributed by atoms with van der Waals surface area (Å²) in [6.07, 6.45) is -1.23. The summed E-state index contributed by atoms with van der Waals surface area (Å²) >= 11 is 0. The molecule has 0 spiro atoms. The minimum atomic E-state index is -1.23. The van der Waals surface area contributed by atoms with Crippen molar-refractivity contribution in [1.29, 1.82) is 0 Å². The van der Waals surface area contributed by atoms with Gasteiger partial charge in [0.25, 0.3) is 0 Å². The van der Waals surface area contributed by atoms with Gasteiger partial charge in [-0.15, -0.1) is 0 Å². The number of carbonyl (C=O) groups is 2. The zero-order chi connectivity index (χ0) is 9.44. The number of aliphatic carboxylic acids is 2. The van der Waals surface area contributed by atoms with E-state index in [1.165, 1.54) is 6.92 Å². The molecule has 6 nitrogen and oxygen atoms in total. The van der Waals surface area contributed by atoms with Gasteiger partial charge in [-0.05, 0) is 6.92 Å². The van der Waals surface area contributed by atoms with Crippen LogP contribution in [0.5, 0.6) is 0 Å². The van der Waals surface area contributed by atoms with E-state index >= 15 is 0 Å². The number of carboxylic acids is 2. The molecule has 4 N–H and O–H groups in total. The Morgan fingerprint density at radius 2 is 1.55 bits per heavy atom. The molecule has 0 aromatic rings. The summed E-state index contributed by atoms with van der Waals surface area (Å²) in [4.78, 5) is 18.6. The Morgan fingerprint density at radius 3 is 1.55 bits per heavy atom. The molecule has 0 fully saturated rings. The van der Waals surface area contributed by atoms with Crippen LogP contribution in [-0.2, 0) is 9.59 Å². The molecule has 0 aromatic carbocycles.